The van der Waals surface area contributed by atoms with Crippen LogP contribution in [0.25, 0.3) is 10.2 Å². The summed E-state index contributed by atoms with van der Waals surface area (Å²) in [6.45, 7) is 0.801. The first-order valence-electron chi connectivity index (χ1n) is 9.27. The fourth-order valence-corrected chi connectivity index (χ4v) is 3.89. The maximum atomic E-state index is 11.9. The van der Waals surface area contributed by atoms with Crippen LogP contribution in [0.5, 0.6) is 0 Å². The first-order valence-corrected chi connectivity index (χ1v) is 10.5. The Balaban J connectivity index is 1.27. The fourth-order valence-electron chi connectivity index (χ4n) is 2.76. The van der Waals surface area contributed by atoms with Gasteiger partial charge in [0, 0.05) is 30.1 Å². The second kappa shape index (κ2) is 10.2. The summed E-state index contributed by atoms with van der Waals surface area (Å²) in [4.78, 5) is 28.4. The number of halogens is 1. The van der Waals surface area contributed by atoms with Gasteiger partial charge in [0.05, 0.1) is 15.2 Å². The highest BCUT2D eigenvalue weighted by atomic mass is 35.5. The highest BCUT2D eigenvalue weighted by molar-refractivity contribution is 7.18. The Morgan fingerprint density at radius 1 is 0.964 bits per heavy atom. The van der Waals surface area contributed by atoms with Crippen LogP contribution in [-0.2, 0) is 11.2 Å². The maximum Gasteiger partial charge on any atom is 0.251 e. The van der Waals surface area contributed by atoms with E-state index < -0.39 is 0 Å². The smallest absolute Gasteiger partial charge is 0.251 e. The quantitative estimate of drug-likeness (QED) is 0.514. The molecule has 0 radical (unpaired) electrons. The lowest BCUT2D eigenvalue weighted by molar-refractivity contribution is -0.121. The molecule has 1 aromatic heterocycles. The van der Waals surface area contributed by atoms with Crippen LogP contribution in [-0.4, -0.2) is 29.9 Å². The van der Waals surface area contributed by atoms with Gasteiger partial charge in [-0.15, -0.1) is 11.3 Å². The van der Waals surface area contributed by atoms with Gasteiger partial charge in [-0.1, -0.05) is 23.7 Å². The summed E-state index contributed by atoms with van der Waals surface area (Å²) in [6, 6.07) is 14.8. The molecule has 2 N–H and O–H groups in total. The van der Waals surface area contributed by atoms with E-state index in [0.29, 0.717) is 30.1 Å². The molecule has 7 heteroatoms. The van der Waals surface area contributed by atoms with Gasteiger partial charge in [-0.05, 0) is 55.7 Å². The second-order valence-corrected chi connectivity index (χ2v) is 7.95. The Bertz CT molecular complexity index is 907. The zero-order chi connectivity index (χ0) is 19.8. The zero-order valence-electron chi connectivity index (χ0n) is 15.4. The van der Waals surface area contributed by atoms with Crippen LogP contribution in [0.2, 0.25) is 5.02 Å². The van der Waals surface area contributed by atoms with E-state index in [2.05, 4.69) is 21.7 Å². The molecule has 0 saturated carbocycles. The molecule has 1 heterocycles. The third-order valence-corrected chi connectivity index (χ3v) is 5.57. The SMILES string of the molecule is O=C(CCCCc1nc2ccccc2s1)NCCNC(=O)c1ccc(Cl)cc1. The van der Waals surface area contributed by atoms with Crippen LogP contribution < -0.4 is 10.6 Å². The van der Waals surface area contributed by atoms with E-state index in [1.54, 1.807) is 35.6 Å². The number of unbranched alkanes of at least 4 members (excludes halogenated alkanes) is 1. The normalized spacial score (nSPS) is 10.8. The molecular weight excluding hydrogens is 394 g/mol. The lowest BCUT2D eigenvalue weighted by atomic mass is 10.2. The van der Waals surface area contributed by atoms with Gasteiger partial charge in [-0.3, -0.25) is 9.59 Å². The number of nitrogens with zero attached hydrogens (tertiary/aromatic N) is 1. The number of thiazole rings is 1. The third-order valence-electron chi connectivity index (χ3n) is 4.22. The number of benzene rings is 2. The van der Waals surface area contributed by atoms with Gasteiger partial charge in [-0.25, -0.2) is 4.98 Å². The van der Waals surface area contributed by atoms with E-state index in [9.17, 15) is 9.59 Å². The molecule has 146 valence electrons. The van der Waals surface area contributed by atoms with Crippen LogP contribution in [0.15, 0.2) is 48.5 Å². The van der Waals surface area contributed by atoms with Crippen molar-refractivity contribution in [2.45, 2.75) is 25.7 Å². The predicted molar refractivity (Wildman–Crippen MR) is 114 cm³/mol. The van der Waals surface area contributed by atoms with E-state index in [-0.39, 0.29) is 11.8 Å². The van der Waals surface area contributed by atoms with E-state index >= 15 is 0 Å². The highest BCUT2D eigenvalue weighted by Gasteiger charge is 2.06. The monoisotopic (exact) mass is 415 g/mol. The van der Waals surface area contributed by atoms with Gasteiger partial charge in [-0.2, -0.15) is 0 Å². The van der Waals surface area contributed by atoms with Crippen molar-refractivity contribution in [1.82, 2.24) is 15.6 Å². The molecule has 0 aliphatic heterocycles. The van der Waals surface area contributed by atoms with Crippen LogP contribution in [0.1, 0.15) is 34.6 Å². The minimum atomic E-state index is -0.179. The molecular formula is C21H22ClN3O2S. The van der Waals surface area contributed by atoms with Crippen LogP contribution in [0.4, 0.5) is 0 Å². The second-order valence-electron chi connectivity index (χ2n) is 6.40. The van der Waals surface area contributed by atoms with Crippen molar-refractivity contribution in [3.05, 3.63) is 64.1 Å². The first-order chi connectivity index (χ1) is 13.6. The Kier molecular flexibility index (Phi) is 7.39. The average Bonchev–Trinajstić information content (AvgIpc) is 3.12. The van der Waals surface area contributed by atoms with E-state index in [1.165, 1.54) is 4.70 Å². The zero-order valence-corrected chi connectivity index (χ0v) is 17.0. The highest BCUT2D eigenvalue weighted by Crippen LogP contribution is 2.22. The molecule has 3 rings (SSSR count). The topological polar surface area (TPSA) is 71.1 Å². The fraction of sp³-hybridized carbons (Fsp3) is 0.286. The van der Waals surface area contributed by atoms with Gasteiger partial charge >= 0.3 is 0 Å². The summed E-state index contributed by atoms with van der Waals surface area (Å²) >= 11 is 7.52. The lowest BCUT2D eigenvalue weighted by Crippen LogP contribution is -2.34. The van der Waals surface area contributed by atoms with Gasteiger partial charge in [0.1, 0.15) is 0 Å². The Labute approximate surface area is 173 Å². The molecule has 0 aliphatic carbocycles. The summed E-state index contributed by atoms with van der Waals surface area (Å²) in [7, 11) is 0. The first kappa shape index (κ1) is 20.3. The Morgan fingerprint density at radius 2 is 1.71 bits per heavy atom. The summed E-state index contributed by atoms with van der Waals surface area (Å²) in [5, 5.41) is 7.31. The molecule has 0 unspecified atom stereocenters. The number of fused-ring (bicyclic) bond motifs is 1. The van der Waals surface area contributed by atoms with Crippen LogP contribution in [0, 0.1) is 0 Å². The average molecular weight is 416 g/mol. The van der Waals surface area contributed by atoms with E-state index in [1.807, 2.05) is 18.2 Å². The van der Waals surface area contributed by atoms with Crippen molar-refractivity contribution in [3.8, 4) is 0 Å². The molecule has 3 aromatic rings. The molecule has 0 saturated heterocycles. The van der Waals surface area contributed by atoms with Crippen molar-refractivity contribution < 1.29 is 9.59 Å². The van der Waals surface area contributed by atoms with Gasteiger partial charge in [0.15, 0.2) is 0 Å². The summed E-state index contributed by atoms with van der Waals surface area (Å²) in [5.41, 5.74) is 1.59. The summed E-state index contributed by atoms with van der Waals surface area (Å²) in [5.74, 6) is -0.174. The number of carbonyl (C=O) groups excluding carboxylic acids is 2. The number of para-hydroxylation sites is 1. The largest absolute Gasteiger partial charge is 0.354 e. The molecule has 0 atom stereocenters. The van der Waals surface area contributed by atoms with Crippen LogP contribution in [0.3, 0.4) is 0 Å². The minimum absolute atomic E-state index is 0.00467. The molecule has 28 heavy (non-hydrogen) atoms. The molecule has 5 nitrogen and oxygen atoms in total. The van der Waals surface area contributed by atoms with Gasteiger partial charge < -0.3 is 10.6 Å². The van der Waals surface area contributed by atoms with Gasteiger partial charge in [0.25, 0.3) is 5.91 Å². The molecule has 0 aliphatic rings. The molecule has 2 amide bonds. The number of hydrogen-bond donors (Lipinski definition) is 2. The van der Waals surface area contributed by atoms with Crippen molar-refractivity contribution in [2.75, 3.05) is 13.1 Å². The van der Waals surface area contributed by atoms with Crippen molar-refractivity contribution in [1.29, 1.82) is 0 Å². The maximum absolute atomic E-state index is 11.9. The number of hydrogen-bond acceptors (Lipinski definition) is 4. The molecule has 0 spiro atoms. The number of nitrogens with one attached hydrogen (secondary N) is 2. The van der Waals surface area contributed by atoms with E-state index in [4.69, 9.17) is 11.6 Å². The number of carbonyl (C=O) groups is 2. The standard InChI is InChI=1S/C21H22ClN3O2S/c22-16-11-9-15(10-12-16)21(27)24-14-13-23-19(26)7-3-4-8-20-25-17-5-1-2-6-18(17)28-20/h1-2,5-6,9-12H,3-4,7-8,13-14H2,(H,23,26)(H,24,27). The van der Waals surface area contributed by atoms with Crippen molar-refractivity contribution in [3.63, 3.8) is 0 Å². The Morgan fingerprint density at radius 3 is 2.50 bits per heavy atom. The minimum Gasteiger partial charge on any atom is -0.354 e. The number of rotatable bonds is 9. The predicted octanol–water partition coefficient (Wildman–Crippen LogP) is 4.21. The summed E-state index contributed by atoms with van der Waals surface area (Å²) < 4.78 is 1.20. The van der Waals surface area contributed by atoms with Gasteiger partial charge in [0.2, 0.25) is 5.91 Å². The number of aromatic nitrogens is 1. The Hall–Kier alpha value is -2.44. The number of aryl methyl sites for hydroxylation is 1. The molecule has 0 bridgehead atoms. The molecule has 0 fully saturated rings. The van der Waals surface area contributed by atoms with E-state index in [0.717, 1.165) is 29.8 Å². The summed E-state index contributed by atoms with van der Waals surface area (Å²) in [6.07, 6.45) is 3.12. The molecule has 2 aromatic carbocycles. The van der Waals surface area contributed by atoms with Crippen molar-refractivity contribution >= 4 is 45.0 Å². The third kappa shape index (κ3) is 6.04. The number of amides is 2. The lowest BCUT2D eigenvalue weighted by Gasteiger charge is -2.07. The van der Waals surface area contributed by atoms with Crippen molar-refractivity contribution in [2.24, 2.45) is 0 Å². The van der Waals surface area contributed by atoms with Crippen LogP contribution >= 0.6 is 22.9 Å².